The molecule has 17 heavy (non-hydrogen) atoms. The number of aromatic nitrogens is 1. The molecule has 0 aliphatic carbocycles. The zero-order chi connectivity index (χ0) is 12.0. The molecule has 0 N–H and O–H groups in total. The number of hydrogen-bond acceptors (Lipinski definition) is 2. The standard InChI is InChI=1S/C13H12BrClN2/c1-17-5-4-12-10(7-17)13(15)9-6-8(14)2-3-11(9)16-12/h2-3,6H,4-5,7H2,1H3. The molecule has 2 nitrogen and oxygen atoms in total. The van der Waals surface area contributed by atoms with E-state index in [-0.39, 0.29) is 0 Å². The van der Waals surface area contributed by atoms with Crippen molar-refractivity contribution >= 4 is 38.4 Å². The van der Waals surface area contributed by atoms with Gasteiger partial charge < -0.3 is 4.90 Å². The highest BCUT2D eigenvalue weighted by Gasteiger charge is 2.19. The minimum absolute atomic E-state index is 0.859. The first-order valence-electron chi connectivity index (χ1n) is 5.60. The van der Waals surface area contributed by atoms with E-state index < -0.39 is 0 Å². The first-order chi connectivity index (χ1) is 8.15. The minimum atomic E-state index is 0.859. The van der Waals surface area contributed by atoms with E-state index >= 15 is 0 Å². The molecule has 0 spiro atoms. The van der Waals surface area contributed by atoms with Crippen molar-refractivity contribution in [2.24, 2.45) is 0 Å². The van der Waals surface area contributed by atoms with Crippen LogP contribution in [0.1, 0.15) is 11.3 Å². The third-order valence-corrected chi connectivity index (χ3v) is 4.15. The summed E-state index contributed by atoms with van der Waals surface area (Å²) < 4.78 is 1.04. The summed E-state index contributed by atoms with van der Waals surface area (Å²) in [6.45, 7) is 1.95. The lowest BCUT2D eigenvalue weighted by Gasteiger charge is -2.25. The molecule has 0 saturated heterocycles. The molecule has 2 aromatic rings. The summed E-state index contributed by atoms with van der Waals surface area (Å²) in [5.74, 6) is 0. The molecule has 1 aliphatic heterocycles. The molecule has 0 saturated carbocycles. The number of nitrogens with zero attached hydrogens (tertiary/aromatic N) is 2. The zero-order valence-electron chi connectivity index (χ0n) is 9.50. The summed E-state index contributed by atoms with van der Waals surface area (Å²) in [6.07, 6.45) is 0.984. The number of pyridine rings is 1. The van der Waals surface area contributed by atoms with Crippen LogP contribution >= 0.6 is 27.5 Å². The van der Waals surface area contributed by atoms with Gasteiger partial charge in [-0.25, -0.2) is 0 Å². The van der Waals surface area contributed by atoms with E-state index in [1.807, 2.05) is 18.2 Å². The Balaban J connectivity index is 2.29. The van der Waals surface area contributed by atoms with Gasteiger partial charge in [-0.15, -0.1) is 0 Å². The Labute approximate surface area is 114 Å². The van der Waals surface area contributed by atoms with Crippen LogP contribution < -0.4 is 0 Å². The number of rotatable bonds is 0. The SMILES string of the molecule is CN1CCc2nc3ccc(Br)cc3c(Cl)c2C1. The van der Waals surface area contributed by atoms with Crippen molar-refractivity contribution < 1.29 is 0 Å². The second-order valence-electron chi connectivity index (χ2n) is 4.50. The maximum absolute atomic E-state index is 6.51. The highest BCUT2D eigenvalue weighted by molar-refractivity contribution is 9.10. The third-order valence-electron chi connectivity index (χ3n) is 3.22. The topological polar surface area (TPSA) is 16.1 Å². The van der Waals surface area contributed by atoms with Gasteiger partial charge in [0.15, 0.2) is 0 Å². The fourth-order valence-electron chi connectivity index (χ4n) is 2.30. The van der Waals surface area contributed by atoms with Gasteiger partial charge in [0.05, 0.1) is 10.5 Å². The largest absolute Gasteiger partial charge is 0.302 e. The van der Waals surface area contributed by atoms with Gasteiger partial charge in [-0.3, -0.25) is 4.98 Å². The van der Waals surface area contributed by atoms with Crippen molar-refractivity contribution in [2.75, 3.05) is 13.6 Å². The molecule has 3 rings (SSSR count). The molecule has 2 heterocycles. The number of hydrogen-bond donors (Lipinski definition) is 0. The van der Waals surface area contributed by atoms with Gasteiger partial charge in [-0.2, -0.15) is 0 Å². The molecule has 1 aliphatic rings. The molecule has 0 bridgehead atoms. The van der Waals surface area contributed by atoms with Crippen molar-refractivity contribution in [1.82, 2.24) is 9.88 Å². The van der Waals surface area contributed by atoms with Gasteiger partial charge in [0.2, 0.25) is 0 Å². The highest BCUT2D eigenvalue weighted by Crippen LogP contribution is 2.32. The van der Waals surface area contributed by atoms with Gasteiger partial charge in [-0.05, 0) is 25.2 Å². The van der Waals surface area contributed by atoms with Gasteiger partial charge in [0.1, 0.15) is 0 Å². The molecule has 0 amide bonds. The average Bonchev–Trinajstić information content (AvgIpc) is 2.32. The second kappa shape index (κ2) is 4.23. The number of halogens is 2. The Morgan fingerprint density at radius 2 is 2.24 bits per heavy atom. The molecule has 1 aromatic carbocycles. The fraction of sp³-hybridized carbons (Fsp3) is 0.308. The van der Waals surface area contributed by atoms with Crippen LogP contribution in [0.5, 0.6) is 0 Å². The van der Waals surface area contributed by atoms with Gasteiger partial charge >= 0.3 is 0 Å². The second-order valence-corrected chi connectivity index (χ2v) is 5.79. The van der Waals surface area contributed by atoms with E-state index in [1.165, 1.54) is 5.56 Å². The molecule has 88 valence electrons. The van der Waals surface area contributed by atoms with E-state index in [9.17, 15) is 0 Å². The third kappa shape index (κ3) is 1.96. The van der Waals surface area contributed by atoms with E-state index in [0.29, 0.717) is 0 Å². The molecule has 0 atom stereocenters. The van der Waals surface area contributed by atoms with E-state index in [0.717, 1.165) is 45.6 Å². The smallest absolute Gasteiger partial charge is 0.0721 e. The van der Waals surface area contributed by atoms with Crippen LogP contribution in [-0.4, -0.2) is 23.5 Å². The average molecular weight is 312 g/mol. The van der Waals surface area contributed by atoms with Crippen molar-refractivity contribution in [3.05, 3.63) is 39.0 Å². The Kier molecular flexibility index (Phi) is 2.85. The van der Waals surface area contributed by atoms with Crippen molar-refractivity contribution in [1.29, 1.82) is 0 Å². The highest BCUT2D eigenvalue weighted by atomic mass is 79.9. The molecule has 0 unspecified atom stereocenters. The summed E-state index contributed by atoms with van der Waals surface area (Å²) in [7, 11) is 2.12. The number of fused-ring (bicyclic) bond motifs is 2. The summed E-state index contributed by atoms with van der Waals surface area (Å²) in [4.78, 5) is 7.00. The first-order valence-corrected chi connectivity index (χ1v) is 6.77. The first kappa shape index (κ1) is 11.5. The Morgan fingerprint density at radius 1 is 1.41 bits per heavy atom. The lowest BCUT2D eigenvalue weighted by molar-refractivity contribution is 0.310. The lowest BCUT2D eigenvalue weighted by atomic mass is 10.0. The number of benzene rings is 1. The van der Waals surface area contributed by atoms with Crippen LogP contribution in [-0.2, 0) is 13.0 Å². The predicted molar refractivity (Wildman–Crippen MR) is 74.5 cm³/mol. The quantitative estimate of drug-likeness (QED) is 0.738. The monoisotopic (exact) mass is 310 g/mol. The van der Waals surface area contributed by atoms with Crippen LogP contribution in [0.4, 0.5) is 0 Å². The maximum atomic E-state index is 6.51. The Hall–Kier alpha value is -0.640. The fourth-order valence-corrected chi connectivity index (χ4v) is 2.98. The molecular formula is C13H12BrClN2. The van der Waals surface area contributed by atoms with Crippen LogP contribution in [0.3, 0.4) is 0 Å². The summed E-state index contributed by atoms with van der Waals surface area (Å²) in [6, 6.07) is 6.07. The van der Waals surface area contributed by atoms with E-state index in [1.54, 1.807) is 0 Å². The van der Waals surface area contributed by atoms with Crippen molar-refractivity contribution in [3.63, 3.8) is 0 Å². The van der Waals surface area contributed by atoms with Gasteiger partial charge in [0.25, 0.3) is 0 Å². The van der Waals surface area contributed by atoms with E-state index in [2.05, 4.69) is 27.9 Å². The molecular weight excluding hydrogens is 300 g/mol. The van der Waals surface area contributed by atoms with Crippen LogP contribution in [0.25, 0.3) is 10.9 Å². The van der Waals surface area contributed by atoms with Gasteiger partial charge in [-0.1, -0.05) is 27.5 Å². The normalized spacial score (nSPS) is 16.2. The summed E-state index contributed by atoms with van der Waals surface area (Å²) >= 11 is 9.99. The van der Waals surface area contributed by atoms with Gasteiger partial charge in [0, 0.05) is 40.6 Å². The lowest BCUT2D eigenvalue weighted by Crippen LogP contribution is -2.27. The minimum Gasteiger partial charge on any atom is -0.302 e. The van der Waals surface area contributed by atoms with Crippen molar-refractivity contribution in [3.8, 4) is 0 Å². The van der Waals surface area contributed by atoms with Crippen LogP contribution in [0.15, 0.2) is 22.7 Å². The summed E-state index contributed by atoms with van der Waals surface area (Å²) in [5.41, 5.74) is 3.33. The van der Waals surface area contributed by atoms with Crippen LogP contribution in [0.2, 0.25) is 5.02 Å². The van der Waals surface area contributed by atoms with Crippen molar-refractivity contribution in [2.45, 2.75) is 13.0 Å². The molecule has 4 heteroatoms. The summed E-state index contributed by atoms with van der Waals surface area (Å²) in [5, 5.41) is 1.90. The van der Waals surface area contributed by atoms with Crippen LogP contribution in [0, 0.1) is 0 Å². The molecule has 1 aromatic heterocycles. The molecule has 0 fully saturated rings. The molecule has 0 radical (unpaired) electrons. The Bertz CT molecular complexity index is 597. The van der Waals surface area contributed by atoms with E-state index in [4.69, 9.17) is 16.6 Å². The zero-order valence-corrected chi connectivity index (χ0v) is 11.8. The predicted octanol–water partition coefficient (Wildman–Crippen LogP) is 3.64. The maximum Gasteiger partial charge on any atom is 0.0721 e. The Morgan fingerprint density at radius 3 is 3.06 bits per heavy atom. The number of likely N-dealkylation sites (N-methyl/N-ethyl adjacent to an activating group) is 1.